The van der Waals surface area contributed by atoms with Crippen LogP contribution in [0.15, 0.2) is 18.2 Å². The Kier molecular flexibility index (Phi) is 2.14. The Morgan fingerprint density at radius 1 is 1.26 bits per heavy atom. The van der Waals surface area contributed by atoms with Crippen molar-refractivity contribution in [2.75, 3.05) is 11.1 Å². The van der Waals surface area contributed by atoms with Crippen molar-refractivity contribution in [2.24, 2.45) is 23.7 Å². The second kappa shape index (κ2) is 3.65. The highest BCUT2D eigenvalue weighted by atomic mass is 16.4. The molecule has 3 fully saturated rings. The van der Waals surface area contributed by atoms with Crippen molar-refractivity contribution in [1.82, 2.24) is 0 Å². The van der Waals surface area contributed by atoms with Crippen molar-refractivity contribution in [3.05, 3.63) is 23.8 Å². The van der Waals surface area contributed by atoms with Gasteiger partial charge >= 0.3 is 5.97 Å². The van der Waals surface area contributed by atoms with Gasteiger partial charge in [0, 0.05) is 17.4 Å². The fourth-order valence-electron chi connectivity index (χ4n) is 4.54. The van der Waals surface area contributed by atoms with Crippen LogP contribution in [0.4, 0.5) is 11.4 Å². The van der Waals surface area contributed by atoms with Gasteiger partial charge in [0.2, 0.25) is 0 Å². The van der Waals surface area contributed by atoms with Crippen LogP contribution in [-0.2, 0) is 0 Å². The quantitative estimate of drug-likeness (QED) is 0.728. The summed E-state index contributed by atoms with van der Waals surface area (Å²) in [7, 11) is 0. The van der Waals surface area contributed by atoms with E-state index < -0.39 is 5.97 Å². The van der Waals surface area contributed by atoms with Gasteiger partial charge in [0.25, 0.3) is 0 Å². The molecule has 0 heterocycles. The third-order valence-electron chi connectivity index (χ3n) is 5.35. The van der Waals surface area contributed by atoms with E-state index in [4.69, 9.17) is 10.8 Å². The number of aromatic carboxylic acids is 1. The SMILES string of the molecule is Nc1ccc(NC2C3C4CCC(C4)C23)cc1C(=O)O. The van der Waals surface area contributed by atoms with Crippen molar-refractivity contribution in [1.29, 1.82) is 0 Å². The third-order valence-corrected chi connectivity index (χ3v) is 5.35. The van der Waals surface area contributed by atoms with Gasteiger partial charge in [-0.3, -0.25) is 0 Å². The fraction of sp³-hybridized carbons (Fsp3) is 0.533. The van der Waals surface area contributed by atoms with E-state index in [0.29, 0.717) is 11.7 Å². The molecule has 4 rings (SSSR count). The van der Waals surface area contributed by atoms with Gasteiger partial charge in [-0.15, -0.1) is 0 Å². The van der Waals surface area contributed by atoms with Gasteiger partial charge in [0.05, 0.1) is 5.56 Å². The summed E-state index contributed by atoms with van der Waals surface area (Å²) in [6.07, 6.45) is 4.22. The lowest BCUT2D eigenvalue weighted by atomic mass is 10.0. The first-order valence-electron chi connectivity index (χ1n) is 7.04. The monoisotopic (exact) mass is 258 g/mol. The Labute approximate surface area is 112 Å². The van der Waals surface area contributed by atoms with E-state index in [1.54, 1.807) is 12.1 Å². The van der Waals surface area contributed by atoms with Crippen LogP contribution in [0, 0.1) is 23.7 Å². The maximum atomic E-state index is 11.1. The lowest BCUT2D eigenvalue weighted by molar-refractivity contribution is 0.0698. The van der Waals surface area contributed by atoms with Gasteiger partial charge in [0.15, 0.2) is 0 Å². The van der Waals surface area contributed by atoms with Crippen molar-refractivity contribution < 1.29 is 9.90 Å². The molecule has 3 saturated carbocycles. The molecular weight excluding hydrogens is 240 g/mol. The molecule has 4 unspecified atom stereocenters. The molecule has 4 heteroatoms. The number of benzene rings is 1. The first-order valence-corrected chi connectivity index (χ1v) is 7.04. The normalized spacial score (nSPS) is 38.0. The summed E-state index contributed by atoms with van der Waals surface area (Å²) in [6.45, 7) is 0. The zero-order valence-corrected chi connectivity index (χ0v) is 10.7. The maximum Gasteiger partial charge on any atom is 0.337 e. The number of nitrogens with two attached hydrogens (primary N) is 1. The standard InChI is InChI=1S/C15H18N2O2/c16-11-4-3-9(6-10(11)15(18)19)17-14-12-7-1-2-8(5-7)13(12)14/h3-4,6-8,12-14,17H,1-2,5,16H2,(H,18,19). The Bertz CT molecular complexity index is 541. The van der Waals surface area contributed by atoms with Gasteiger partial charge in [-0.1, -0.05) is 0 Å². The minimum atomic E-state index is -0.961. The molecule has 2 bridgehead atoms. The summed E-state index contributed by atoms with van der Waals surface area (Å²) in [5.74, 6) is 2.55. The maximum absolute atomic E-state index is 11.1. The number of nitrogens with one attached hydrogen (secondary N) is 1. The molecule has 0 aromatic heterocycles. The van der Waals surface area contributed by atoms with E-state index in [0.717, 1.165) is 29.4 Å². The molecule has 4 nitrogen and oxygen atoms in total. The van der Waals surface area contributed by atoms with Crippen LogP contribution in [0.1, 0.15) is 29.6 Å². The summed E-state index contributed by atoms with van der Waals surface area (Å²) < 4.78 is 0. The second-order valence-electron chi connectivity index (χ2n) is 6.27. The summed E-state index contributed by atoms with van der Waals surface area (Å²) in [5, 5.41) is 12.6. The molecule has 1 aromatic carbocycles. The van der Waals surface area contributed by atoms with E-state index in [1.807, 2.05) is 6.07 Å². The van der Waals surface area contributed by atoms with E-state index in [-0.39, 0.29) is 5.56 Å². The summed E-state index contributed by atoms with van der Waals surface area (Å²) >= 11 is 0. The second-order valence-corrected chi connectivity index (χ2v) is 6.27. The molecule has 4 N–H and O–H groups in total. The Morgan fingerprint density at radius 2 is 1.95 bits per heavy atom. The Morgan fingerprint density at radius 3 is 2.58 bits per heavy atom. The Balaban J connectivity index is 1.53. The van der Waals surface area contributed by atoms with E-state index >= 15 is 0 Å². The lowest BCUT2D eigenvalue weighted by Crippen LogP contribution is -2.13. The van der Waals surface area contributed by atoms with E-state index in [1.165, 1.54) is 19.3 Å². The number of nitrogen functional groups attached to an aromatic ring is 1. The largest absolute Gasteiger partial charge is 0.478 e. The summed E-state index contributed by atoms with van der Waals surface area (Å²) in [4.78, 5) is 11.1. The van der Waals surface area contributed by atoms with E-state index in [2.05, 4.69) is 5.32 Å². The first kappa shape index (κ1) is 11.1. The number of anilines is 2. The number of carboxylic acids is 1. The first-order chi connectivity index (χ1) is 9.15. The van der Waals surface area contributed by atoms with Gasteiger partial charge in [0.1, 0.15) is 0 Å². The molecule has 3 aliphatic carbocycles. The van der Waals surface area contributed by atoms with Gasteiger partial charge < -0.3 is 16.2 Å². The highest BCUT2D eigenvalue weighted by Gasteiger charge is 2.64. The zero-order chi connectivity index (χ0) is 13.1. The molecule has 4 atom stereocenters. The predicted molar refractivity (Wildman–Crippen MR) is 73.0 cm³/mol. The highest BCUT2D eigenvalue weighted by molar-refractivity contribution is 5.94. The van der Waals surface area contributed by atoms with Crippen LogP contribution in [0.3, 0.4) is 0 Å². The molecule has 19 heavy (non-hydrogen) atoms. The van der Waals surface area contributed by atoms with Crippen LogP contribution in [0.2, 0.25) is 0 Å². The fourth-order valence-corrected chi connectivity index (χ4v) is 4.54. The molecule has 100 valence electrons. The van der Waals surface area contributed by atoms with Crippen LogP contribution in [0.25, 0.3) is 0 Å². The summed E-state index contributed by atoms with van der Waals surface area (Å²) in [5.41, 5.74) is 7.09. The molecular formula is C15H18N2O2. The molecule has 0 radical (unpaired) electrons. The van der Waals surface area contributed by atoms with Crippen molar-refractivity contribution >= 4 is 17.3 Å². The lowest BCUT2D eigenvalue weighted by Gasteiger charge is -2.13. The number of carbonyl (C=O) groups is 1. The summed E-state index contributed by atoms with van der Waals surface area (Å²) in [6, 6.07) is 5.79. The van der Waals surface area contributed by atoms with Crippen molar-refractivity contribution in [3.8, 4) is 0 Å². The number of fused-ring (bicyclic) bond motifs is 5. The molecule has 0 aliphatic heterocycles. The van der Waals surface area contributed by atoms with Gasteiger partial charge in [-0.25, -0.2) is 4.79 Å². The smallest absolute Gasteiger partial charge is 0.337 e. The average molecular weight is 258 g/mol. The number of hydrogen-bond donors (Lipinski definition) is 3. The number of hydrogen-bond acceptors (Lipinski definition) is 3. The van der Waals surface area contributed by atoms with Crippen molar-refractivity contribution in [2.45, 2.75) is 25.3 Å². The van der Waals surface area contributed by atoms with Crippen LogP contribution in [0.5, 0.6) is 0 Å². The number of rotatable bonds is 3. The molecule has 3 aliphatic rings. The zero-order valence-electron chi connectivity index (χ0n) is 10.7. The predicted octanol–water partition coefficient (Wildman–Crippen LogP) is 2.42. The highest BCUT2D eigenvalue weighted by Crippen LogP contribution is 2.66. The third kappa shape index (κ3) is 1.55. The van der Waals surface area contributed by atoms with E-state index in [9.17, 15) is 4.79 Å². The average Bonchev–Trinajstić information content (AvgIpc) is 2.79. The van der Waals surface area contributed by atoms with Gasteiger partial charge in [-0.05, 0) is 61.1 Å². The van der Waals surface area contributed by atoms with Gasteiger partial charge in [-0.2, -0.15) is 0 Å². The topological polar surface area (TPSA) is 75.3 Å². The molecule has 0 saturated heterocycles. The van der Waals surface area contributed by atoms with Crippen LogP contribution in [-0.4, -0.2) is 17.1 Å². The Hall–Kier alpha value is -1.71. The molecule has 0 spiro atoms. The van der Waals surface area contributed by atoms with Crippen LogP contribution >= 0.6 is 0 Å². The van der Waals surface area contributed by atoms with Crippen molar-refractivity contribution in [3.63, 3.8) is 0 Å². The van der Waals surface area contributed by atoms with Crippen LogP contribution < -0.4 is 11.1 Å². The molecule has 1 aromatic rings. The minimum Gasteiger partial charge on any atom is -0.478 e. The minimum absolute atomic E-state index is 0.193. The molecule has 0 amide bonds. The number of carboxylic acid groups (broad SMARTS) is 1.